The van der Waals surface area contributed by atoms with Crippen molar-refractivity contribution in [2.24, 2.45) is 5.16 Å². The van der Waals surface area contributed by atoms with Crippen LogP contribution in [0, 0.1) is 0 Å². The molecular weight excluding hydrogens is 136 g/mol. The van der Waals surface area contributed by atoms with E-state index in [2.05, 4.69) is 21.7 Å². The van der Waals surface area contributed by atoms with Crippen molar-refractivity contribution in [3.63, 3.8) is 0 Å². The first kappa shape index (κ1) is 6.22. The first-order chi connectivity index (χ1) is 4.43. The average molecular weight is 142 g/mol. The summed E-state index contributed by atoms with van der Waals surface area (Å²) in [5.74, 6) is 0. The number of rotatable bonds is 3. The van der Waals surface area contributed by atoms with Crippen LogP contribution in [0.2, 0.25) is 0 Å². The number of nitrogens with zero attached hydrogens (tertiary/aromatic N) is 2. The molecule has 0 atom stereocenters. The maximum Gasteiger partial charge on any atom is 0.168 e. The van der Waals surface area contributed by atoms with Gasteiger partial charge in [-0.05, 0) is 0 Å². The Morgan fingerprint density at radius 1 is 1.89 bits per heavy atom. The molecule has 0 bridgehead atoms. The Morgan fingerprint density at radius 2 is 2.78 bits per heavy atom. The molecule has 0 saturated heterocycles. The van der Waals surface area contributed by atoms with Gasteiger partial charge in [0.2, 0.25) is 0 Å². The topological polar surface area (TPSA) is 34.5 Å². The van der Waals surface area contributed by atoms with E-state index in [0.717, 1.165) is 5.01 Å². The van der Waals surface area contributed by atoms with E-state index in [4.69, 9.17) is 0 Å². The van der Waals surface area contributed by atoms with Crippen molar-refractivity contribution in [3.05, 3.63) is 16.6 Å². The zero-order valence-electron chi connectivity index (χ0n) is 4.78. The molecule has 0 aliphatic carbocycles. The van der Waals surface area contributed by atoms with Crippen molar-refractivity contribution >= 4 is 18.1 Å². The van der Waals surface area contributed by atoms with Gasteiger partial charge in [0.15, 0.2) is 6.61 Å². The quantitative estimate of drug-likeness (QED) is 0.470. The van der Waals surface area contributed by atoms with Crippen LogP contribution in [0.25, 0.3) is 0 Å². The number of aromatic nitrogens is 1. The minimum Gasteiger partial charge on any atom is -0.389 e. The number of oxime groups is 1. The minimum absolute atomic E-state index is 0.432. The lowest BCUT2D eigenvalue weighted by molar-refractivity contribution is 0.133. The van der Waals surface area contributed by atoms with Gasteiger partial charge in [0.1, 0.15) is 5.01 Å². The SMILES string of the molecule is C=NOCc1nccs1. The molecule has 0 aliphatic rings. The summed E-state index contributed by atoms with van der Waals surface area (Å²) in [6, 6.07) is 0. The van der Waals surface area contributed by atoms with Gasteiger partial charge in [0, 0.05) is 18.3 Å². The van der Waals surface area contributed by atoms with Crippen LogP contribution in [-0.4, -0.2) is 11.7 Å². The van der Waals surface area contributed by atoms with Crippen LogP contribution in [0.3, 0.4) is 0 Å². The van der Waals surface area contributed by atoms with Crippen molar-refractivity contribution < 1.29 is 4.84 Å². The smallest absolute Gasteiger partial charge is 0.168 e. The fourth-order valence-corrected chi connectivity index (χ4v) is 0.946. The van der Waals surface area contributed by atoms with Crippen molar-refractivity contribution in [2.45, 2.75) is 6.61 Å². The van der Waals surface area contributed by atoms with Crippen LogP contribution in [0.4, 0.5) is 0 Å². The van der Waals surface area contributed by atoms with Crippen LogP contribution in [0.5, 0.6) is 0 Å². The van der Waals surface area contributed by atoms with Gasteiger partial charge in [0.05, 0.1) is 0 Å². The standard InChI is InChI=1S/C5H6N2OS/c1-6-8-4-5-7-2-3-9-5/h2-3H,1,4H2. The molecule has 0 aliphatic heterocycles. The zero-order chi connectivity index (χ0) is 6.53. The lowest BCUT2D eigenvalue weighted by Gasteiger charge is -1.89. The van der Waals surface area contributed by atoms with E-state index in [-0.39, 0.29) is 0 Å². The summed E-state index contributed by atoms with van der Waals surface area (Å²) >= 11 is 1.54. The summed E-state index contributed by atoms with van der Waals surface area (Å²) in [5.41, 5.74) is 0. The van der Waals surface area contributed by atoms with Crippen LogP contribution in [0.15, 0.2) is 16.7 Å². The van der Waals surface area contributed by atoms with Crippen molar-refractivity contribution in [1.29, 1.82) is 0 Å². The molecule has 0 amide bonds. The van der Waals surface area contributed by atoms with Crippen LogP contribution < -0.4 is 0 Å². The van der Waals surface area contributed by atoms with E-state index in [1.807, 2.05) is 5.38 Å². The summed E-state index contributed by atoms with van der Waals surface area (Å²) in [6.07, 6.45) is 1.73. The second-order valence-electron chi connectivity index (χ2n) is 1.33. The summed E-state index contributed by atoms with van der Waals surface area (Å²) in [5, 5.41) is 6.04. The number of hydrogen-bond donors (Lipinski definition) is 0. The van der Waals surface area contributed by atoms with Crippen molar-refractivity contribution in [3.8, 4) is 0 Å². The molecule has 0 aromatic carbocycles. The molecule has 0 unspecified atom stereocenters. The Hall–Kier alpha value is -0.900. The molecule has 1 aromatic rings. The van der Waals surface area contributed by atoms with Gasteiger partial charge >= 0.3 is 0 Å². The van der Waals surface area contributed by atoms with Gasteiger partial charge < -0.3 is 4.84 Å². The summed E-state index contributed by atoms with van der Waals surface area (Å²) in [7, 11) is 0. The molecule has 0 spiro atoms. The van der Waals surface area contributed by atoms with Crippen LogP contribution in [-0.2, 0) is 11.4 Å². The molecule has 0 N–H and O–H groups in total. The maximum atomic E-state index is 4.64. The van der Waals surface area contributed by atoms with Gasteiger partial charge in [-0.1, -0.05) is 0 Å². The first-order valence-electron chi connectivity index (χ1n) is 2.40. The Bertz CT molecular complexity index is 173. The van der Waals surface area contributed by atoms with Crippen molar-refractivity contribution in [1.82, 2.24) is 4.98 Å². The normalized spacial score (nSPS) is 8.89. The maximum absolute atomic E-state index is 4.64. The predicted molar refractivity (Wildman–Crippen MR) is 36.5 cm³/mol. The monoisotopic (exact) mass is 142 g/mol. The molecule has 0 fully saturated rings. The van der Waals surface area contributed by atoms with Gasteiger partial charge in [-0.2, -0.15) is 0 Å². The highest BCUT2D eigenvalue weighted by molar-refractivity contribution is 7.09. The molecular formula is C5H6N2OS. The van der Waals surface area contributed by atoms with Gasteiger partial charge in [-0.15, -0.1) is 16.5 Å². The summed E-state index contributed by atoms with van der Waals surface area (Å²) < 4.78 is 0. The largest absolute Gasteiger partial charge is 0.389 e. The molecule has 48 valence electrons. The molecule has 3 nitrogen and oxygen atoms in total. The Balaban J connectivity index is 2.38. The lowest BCUT2D eigenvalue weighted by atomic mass is 10.8. The third-order valence-electron chi connectivity index (χ3n) is 0.763. The fraction of sp³-hybridized carbons (Fsp3) is 0.200. The highest BCUT2D eigenvalue weighted by Gasteiger charge is 1.91. The van der Waals surface area contributed by atoms with Crippen LogP contribution >= 0.6 is 11.3 Å². The van der Waals surface area contributed by atoms with E-state index >= 15 is 0 Å². The molecule has 1 rings (SSSR count). The second-order valence-corrected chi connectivity index (χ2v) is 2.31. The third kappa shape index (κ3) is 1.81. The van der Waals surface area contributed by atoms with E-state index in [9.17, 15) is 0 Å². The molecule has 1 aromatic heterocycles. The van der Waals surface area contributed by atoms with Crippen molar-refractivity contribution in [2.75, 3.05) is 0 Å². The Morgan fingerprint density at radius 3 is 3.33 bits per heavy atom. The fourth-order valence-electron chi connectivity index (χ4n) is 0.425. The van der Waals surface area contributed by atoms with Crippen LogP contribution in [0.1, 0.15) is 5.01 Å². The molecule has 4 heteroatoms. The highest BCUT2D eigenvalue weighted by Crippen LogP contribution is 2.04. The molecule has 1 heterocycles. The summed E-state index contributed by atoms with van der Waals surface area (Å²) in [4.78, 5) is 8.60. The Kier molecular flexibility index (Phi) is 2.21. The molecule has 0 radical (unpaired) electrons. The van der Waals surface area contributed by atoms with Gasteiger partial charge in [-0.3, -0.25) is 0 Å². The third-order valence-corrected chi connectivity index (χ3v) is 1.52. The lowest BCUT2D eigenvalue weighted by Crippen LogP contribution is -1.82. The number of thiazole rings is 1. The predicted octanol–water partition coefficient (Wildman–Crippen LogP) is 1.28. The van der Waals surface area contributed by atoms with E-state index in [1.54, 1.807) is 6.20 Å². The van der Waals surface area contributed by atoms with E-state index < -0.39 is 0 Å². The zero-order valence-corrected chi connectivity index (χ0v) is 5.60. The summed E-state index contributed by atoms with van der Waals surface area (Å²) in [6.45, 7) is 3.60. The molecule has 9 heavy (non-hydrogen) atoms. The van der Waals surface area contributed by atoms with Gasteiger partial charge in [-0.25, -0.2) is 4.98 Å². The minimum atomic E-state index is 0.432. The van der Waals surface area contributed by atoms with E-state index in [1.165, 1.54) is 11.3 Å². The van der Waals surface area contributed by atoms with E-state index in [0.29, 0.717) is 6.61 Å². The average Bonchev–Trinajstić information content (AvgIpc) is 2.34. The van der Waals surface area contributed by atoms with Gasteiger partial charge in [0.25, 0.3) is 0 Å². The first-order valence-corrected chi connectivity index (χ1v) is 3.28. The molecule has 0 saturated carbocycles. The second kappa shape index (κ2) is 3.19. The number of hydrogen-bond acceptors (Lipinski definition) is 4. The highest BCUT2D eigenvalue weighted by atomic mass is 32.1. The Labute approximate surface area is 57.0 Å².